The van der Waals surface area contributed by atoms with Gasteiger partial charge in [0.05, 0.1) is 30.7 Å². The van der Waals surface area contributed by atoms with Crippen molar-refractivity contribution in [1.29, 1.82) is 0 Å². The second-order valence-electron chi connectivity index (χ2n) is 13.1. The van der Waals surface area contributed by atoms with E-state index in [9.17, 15) is 35.4 Å². The lowest BCUT2D eigenvalue weighted by Crippen LogP contribution is -2.70. The van der Waals surface area contributed by atoms with E-state index in [0.29, 0.717) is 25.7 Å². The highest BCUT2D eigenvalue weighted by molar-refractivity contribution is 5.30. The highest BCUT2D eigenvalue weighted by atomic mass is 16.7. The van der Waals surface area contributed by atoms with Crippen molar-refractivity contribution in [3.63, 3.8) is 0 Å². The van der Waals surface area contributed by atoms with Gasteiger partial charge in [-0.2, -0.15) is 0 Å². The topological polar surface area (TPSA) is 170 Å². The SMILES string of the molecule is CC12CCC3C(CCC4(O[C@@H]5O[C@H](CO)[C@@H](O)[C@H](O)[C@H]5O)C=CCCC34CO)C1(O)CCC2c1ccc(=O)oc1. The molecule has 6 rings (SSSR count). The highest BCUT2D eigenvalue weighted by Gasteiger charge is 2.71. The van der Waals surface area contributed by atoms with Crippen molar-refractivity contribution >= 4 is 0 Å². The zero-order valence-corrected chi connectivity index (χ0v) is 22.9. The third-order valence-corrected chi connectivity index (χ3v) is 11.8. The minimum Gasteiger partial charge on any atom is -0.431 e. The van der Waals surface area contributed by atoms with Crippen molar-refractivity contribution in [3.8, 4) is 0 Å². The van der Waals surface area contributed by atoms with Gasteiger partial charge in [0.25, 0.3) is 0 Å². The van der Waals surface area contributed by atoms with E-state index in [1.54, 1.807) is 6.07 Å². The zero-order chi connectivity index (χ0) is 28.5. The number of fused-ring (bicyclic) bond motifs is 5. The molecule has 0 spiro atoms. The first-order valence-corrected chi connectivity index (χ1v) is 14.6. The van der Waals surface area contributed by atoms with Crippen LogP contribution in [0.1, 0.15) is 69.8 Å². The van der Waals surface area contributed by atoms with Crippen LogP contribution < -0.4 is 5.63 Å². The van der Waals surface area contributed by atoms with Gasteiger partial charge in [0.2, 0.25) is 0 Å². The molecule has 4 aliphatic carbocycles. The van der Waals surface area contributed by atoms with E-state index in [4.69, 9.17) is 13.9 Å². The van der Waals surface area contributed by atoms with E-state index in [1.165, 1.54) is 12.3 Å². The lowest BCUT2D eigenvalue weighted by atomic mass is 9.42. The van der Waals surface area contributed by atoms with Gasteiger partial charge in [-0.3, -0.25) is 0 Å². The van der Waals surface area contributed by atoms with E-state index in [0.717, 1.165) is 31.2 Å². The lowest BCUT2D eigenvalue weighted by Gasteiger charge is -2.66. The Balaban J connectivity index is 1.34. The van der Waals surface area contributed by atoms with Crippen LogP contribution in [0.15, 0.2) is 39.8 Å². The summed E-state index contributed by atoms with van der Waals surface area (Å²) >= 11 is 0. The number of rotatable bonds is 5. The average molecular weight is 563 g/mol. The number of allylic oxidation sites excluding steroid dienone is 1. The van der Waals surface area contributed by atoms with E-state index in [2.05, 4.69) is 6.92 Å². The fraction of sp³-hybridized carbons (Fsp3) is 0.767. The Hall–Kier alpha value is -1.63. The van der Waals surface area contributed by atoms with Gasteiger partial charge in [0, 0.05) is 16.9 Å². The quantitative estimate of drug-likeness (QED) is 0.224. The van der Waals surface area contributed by atoms with Crippen molar-refractivity contribution < 1.29 is 44.5 Å². The van der Waals surface area contributed by atoms with Crippen molar-refractivity contribution in [1.82, 2.24) is 0 Å². The Labute approximate surface area is 233 Å². The molecule has 0 radical (unpaired) electrons. The molecular weight excluding hydrogens is 520 g/mol. The molecule has 1 aliphatic heterocycles. The van der Waals surface area contributed by atoms with Crippen molar-refractivity contribution in [2.75, 3.05) is 13.2 Å². The standard InChI is InChI=1S/C30H42O10/c1-27-11-6-19-20(30(27,37)13-8-18(27)17-4-5-22(33)38-15-17)7-12-29(10-3-2-9-28(19,29)16-32)40-26-25(36)24(35)23(34)21(14-31)39-26/h3-5,10,15,18-21,23-26,31-32,34-37H,2,6-9,11-14,16H2,1H3/t18?,19?,20?,21-,23-,24+,25-,26+,27?,28?,29?,30?/m1/s1. The third kappa shape index (κ3) is 3.80. The van der Waals surface area contributed by atoms with Crippen LogP contribution in [0.3, 0.4) is 0 Å². The van der Waals surface area contributed by atoms with Crippen LogP contribution in [-0.2, 0) is 9.47 Å². The molecule has 0 amide bonds. The maximum atomic E-state index is 12.5. The minimum atomic E-state index is -1.56. The molecule has 0 aromatic carbocycles. The molecule has 2 heterocycles. The summed E-state index contributed by atoms with van der Waals surface area (Å²) in [7, 11) is 0. The van der Waals surface area contributed by atoms with E-state index < -0.39 is 65.0 Å². The van der Waals surface area contributed by atoms with Gasteiger partial charge in [0.15, 0.2) is 6.29 Å². The molecule has 10 nitrogen and oxygen atoms in total. The van der Waals surface area contributed by atoms with Crippen LogP contribution in [0.5, 0.6) is 0 Å². The number of hydrogen-bond donors (Lipinski definition) is 6. The van der Waals surface area contributed by atoms with Crippen molar-refractivity contribution in [3.05, 3.63) is 46.5 Å². The Bertz CT molecular complexity index is 1160. The Morgan fingerprint density at radius 3 is 2.45 bits per heavy atom. The van der Waals surface area contributed by atoms with Gasteiger partial charge in [-0.05, 0) is 80.8 Å². The Morgan fingerprint density at radius 1 is 0.975 bits per heavy atom. The second kappa shape index (κ2) is 9.98. The first-order chi connectivity index (χ1) is 19.1. The summed E-state index contributed by atoms with van der Waals surface area (Å²) in [5.74, 6) is -0.139. The van der Waals surface area contributed by atoms with Crippen LogP contribution >= 0.6 is 0 Å². The summed E-state index contributed by atoms with van der Waals surface area (Å²) in [6, 6.07) is 3.24. The largest absolute Gasteiger partial charge is 0.431 e. The fourth-order valence-electron chi connectivity index (χ4n) is 9.57. The number of aliphatic hydroxyl groups is 6. The summed E-state index contributed by atoms with van der Waals surface area (Å²) in [5, 5.41) is 64.8. The molecule has 12 atom stereocenters. The van der Waals surface area contributed by atoms with E-state index in [-0.39, 0.29) is 24.4 Å². The Kier molecular flexibility index (Phi) is 7.11. The van der Waals surface area contributed by atoms with Gasteiger partial charge < -0.3 is 44.5 Å². The second-order valence-corrected chi connectivity index (χ2v) is 13.1. The van der Waals surface area contributed by atoms with Crippen molar-refractivity contribution in [2.45, 2.75) is 106 Å². The number of ether oxygens (including phenoxy) is 2. The minimum absolute atomic E-state index is 0.0381. The van der Waals surface area contributed by atoms with E-state index in [1.807, 2.05) is 12.2 Å². The summed E-state index contributed by atoms with van der Waals surface area (Å²) in [4.78, 5) is 11.6. The molecule has 7 unspecified atom stereocenters. The smallest absolute Gasteiger partial charge is 0.335 e. The molecule has 5 aliphatic rings. The summed E-state index contributed by atoms with van der Waals surface area (Å²) in [5.41, 5.74) is -2.70. The first kappa shape index (κ1) is 28.5. The fourth-order valence-corrected chi connectivity index (χ4v) is 9.57. The normalized spacial score (nSPS) is 50.2. The molecule has 1 aromatic rings. The van der Waals surface area contributed by atoms with Crippen LogP contribution in [-0.4, -0.2) is 85.8 Å². The first-order valence-electron chi connectivity index (χ1n) is 14.6. The van der Waals surface area contributed by atoms with E-state index >= 15 is 0 Å². The van der Waals surface area contributed by atoms with Crippen LogP contribution in [0.2, 0.25) is 0 Å². The van der Waals surface area contributed by atoms with Crippen LogP contribution in [0, 0.1) is 22.7 Å². The molecule has 10 heteroatoms. The monoisotopic (exact) mass is 562 g/mol. The maximum Gasteiger partial charge on any atom is 0.335 e. The molecular formula is C30H42O10. The molecule has 3 saturated carbocycles. The highest BCUT2D eigenvalue weighted by Crippen LogP contribution is 2.71. The van der Waals surface area contributed by atoms with Gasteiger partial charge in [-0.25, -0.2) is 4.79 Å². The molecule has 6 N–H and O–H groups in total. The third-order valence-electron chi connectivity index (χ3n) is 11.8. The molecule has 40 heavy (non-hydrogen) atoms. The molecule has 0 bridgehead atoms. The molecule has 1 saturated heterocycles. The number of aliphatic hydroxyl groups excluding tert-OH is 5. The van der Waals surface area contributed by atoms with Gasteiger partial charge in [0.1, 0.15) is 24.4 Å². The summed E-state index contributed by atoms with van der Waals surface area (Å²) in [6.07, 6.45) is 3.75. The zero-order valence-electron chi connectivity index (χ0n) is 22.9. The lowest BCUT2D eigenvalue weighted by molar-refractivity contribution is -0.351. The van der Waals surface area contributed by atoms with Crippen LogP contribution in [0.25, 0.3) is 0 Å². The molecule has 222 valence electrons. The van der Waals surface area contributed by atoms with Crippen LogP contribution in [0.4, 0.5) is 0 Å². The molecule has 1 aromatic heterocycles. The predicted octanol–water partition coefficient (Wildman–Crippen LogP) is 0.959. The maximum absolute atomic E-state index is 12.5. The van der Waals surface area contributed by atoms with Gasteiger partial charge in [-0.15, -0.1) is 0 Å². The Morgan fingerprint density at radius 2 is 1.75 bits per heavy atom. The summed E-state index contributed by atoms with van der Waals surface area (Å²) in [6.45, 7) is 1.40. The molecule has 4 fully saturated rings. The number of hydrogen-bond acceptors (Lipinski definition) is 10. The average Bonchev–Trinajstić information content (AvgIpc) is 3.24. The van der Waals surface area contributed by atoms with Gasteiger partial charge in [-0.1, -0.05) is 19.1 Å². The summed E-state index contributed by atoms with van der Waals surface area (Å²) < 4.78 is 17.5. The predicted molar refractivity (Wildman–Crippen MR) is 141 cm³/mol. The van der Waals surface area contributed by atoms with Crippen molar-refractivity contribution in [2.24, 2.45) is 22.7 Å². The van der Waals surface area contributed by atoms with Gasteiger partial charge >= 0.3 is 5.63 Å².